The van der Waals surface area contributed by atoms with Gasteiger partial charge in [0.25, 0.3) is 0 Å². The summed E-state index contributed by atoms with van der Waals surface area (Å²) >= 11 is 5.31. The third-order valence-corrected chi connectivity index (χ3v) is 2.49. The zero-order valence-electron chi connectivity index (χ0n) is 10.2. The summed E-state index contributed by atoms with van der Waals surface area (Å²) in [6.07, 6.45) is 1.89. The third-order valence-electron chi connectivity index (χ3n) is 2.30. The topological polar surface area (TPSA) is 35.5 Å². The smallest absolute Gasteiger partial charge is 0.221 e. The Hall–Kier alpha value is -1.22. The molecule has 0 spiro atoms. The van der Waals surface area contributed by atoms with E-state index in [1.54, 1.807) is 7.11 Å². The minimum absolute atomic E-state index is 0.322. The lowest BCUT2D eigenvalue weighted by atomic mass is 10.1. The number of rotatable bonds is 7. The van der Waals surface area contributed by atoms with Crippen LogP contribution in [-0.4, -0.2) is 19.0 Å². The Kier molecular flexibility index (Phi) is 5.84. The minimum atomic E-state index is -0.322. The molecule has 0 saturated heterocycles. The quantitative estimate of drug-likeness (QED) is 0.703. The monoisotopic (exact) mass is 256 g/mol. The number of benzene rings is 1. The predicted molar refractivity (Wildman–Crippen MR) is 68.0 cm³/mol. The molecule has 0 heterocycles. The normalized spacial score (nSPS) is 10.1. The van der Waals surface area contributed by atoms with Crippen molar-refractivity contribution in [3.8, 4) is 11.5 Å². The predicted octanol–water partition coefficient (Wildman–Crippen LogP) is 3.18. The first kappa shape index (κ1) is 13.8. The number of hydrogen-bond donors (Lipinski definition) is 0. The summed E-state index contributed by atoms with van der Waals surface area (Å²) in [4.78, 5) is 10.7. The molecule has 0 aliphatic carbocycles. The number of aryl methyl sites for hydroxylation is 1. The molecule has 1 rings (SSSR count). The SMILES string of the molecule is CCCOc1cc(CCC(=O)Cl)ccc1OC. The third kappa shape index (κ3) is 4.65. The largest absolute Gasteiger partial charge is 0.493 e. The first-order valence-corrected chi connectivity index (χ1v) is 6.03. The van der Waals surface area contributed by atoms with E-state index in [2.05, 4.69) is 0 Å². The molecule has 0 radical (unpaired) electrons. The van der Waals surface area contributed by atoms with Crippen LogP contribution >= 0.6 is 11.6 Å². The number of halogens is 1. The van der Waals surface area contributed by atoms with Gasteiger partial charge >= 0.3 is 0 Å². The molecular formula is C13H17ClO3. The second-order valence-electron chi connectivity index (χ2n) is 3.69. The lowest BCUT2D eigenvalue weighted by molar-refractivity contribution is -0.111. The second-order valence-corrected chi connectivity index (χ2v) is 4.11. The number of methoxy groups -OCH3 is 1. The van der Waals surface area contributed by atoms with Crippen LogP contribution < -0.4 is 9.47 Å². The van der Waals surface area contributed by atoms with Crippen LogP contribution in [0.1, 0.15) is 25.3 Å². The van der Waals surface area contributed by atoms with E-state index in [-0.39, 0.29) is 5.24 Å². The molecule has 0 aliphatic rings. The molecule has 17 heavy (non-hydrogen) atoms. The Balaban J connectivity index is 2.76. The average molecular weight is 257 g/mol. The molecule has 0 atom stereocenters. The number of ether oxygens (including phenoxy) is 2. The molecule has 0 fully saturated rings. The Bertz CT molecular complexity index is 377. The van der Waals surface area contributed by atoms with Crippen molar-refractivity contribution in [2.45, 2.75) is 26.2 Å². The van der Waals surface area contributed by atoms with E-state index in [1.165, 1.54) is 0 Å². The van der Waals surface area contributed by atoms with E-state index in [4.69, 9.17) is 21.1 Å². The minimum Gasteiger partial charge on any atom is -0.493 e. The maximum Gasteiger partial charge on any atom is 0.221 e. The number of carbonyl (C=O) groups is 1. The molecule has 0 unspecified atom stereocenters. The summed E-state index contributed by atoms with van der Waals surface area (Å²) in [5.74, 6) is 1.42. The van der Waals surface area contributed by atoms with Crippen LogP contribution in [0.4, 0.5) is 0 Å². The van der Waals surface area contributed by atoms with Gasteiger partial charge in [-0.3, -0.25) is 4.79 Å². The van der Waals surface area contributed by atoms with Gasteiger partial charge in [-0.05, 0) is 42.1 Å². The van der Waals surface area contributed by atoms with E-state index < -0.39 is 0 Å². The maximum atomic E-state index is 10.7. The number of carbonyl (C=O) groups excluding carboxylic acids is 1. The van der Waals surface area contributed by atoms with Gasteiger partial charge in [0.05, 0.1) is 13.7 Å². The lowest BCUT2D eigenvalue weighted by Crippen LogP contribution is -1.99. The Morgan fingerprint density at radius 1 is 1.35 bits per heavy atom. The van der Waals surface area contributed by atoms with Gasteiger partial charge < -0.3 is 9.47 Å². The molecule has 0 bridgehead atoms. The zero-order chi connectivity index (χ0) is 12.7. The van der Waals surface area contributed by atoms with Crippen LogP contribution in [0.2, 0.25) is 0 Å². The average Bonchev–Trinajstić information content (AvgIpc) is 2.33. The zero-order valence-corrected chi connectivity index (χ0v) is 10.9. The highest BCUT2D eigenvalue weighted by Crippen LogP contribution is 2.28. The highest BCUT2D eigenvalue weighted by Gasteiger charge is 2.06. The molecule has 0 amide bonds. The van der Waals surface area contributed by atoms with Gasteiger partial charge in [0.2, 0.25) is 5.24 Å². The van der Waals surface area contributed by atoms with Gasteiger partial charge in [-0.15, -0.1) is 0 Å². The molecule has 4 heteroatoms. The van der Waals surface area contributed by atoms with Crippen molar-refractivity contribution in [3.05, 3.63) is 23.8 Å². The van der Waals surface area contributed by atoms with Gasteiger partial charge in [0, 0.05) is 6.42 Å². The molecular weight excluding hydrogens is 240 g/mol. The van der Waals surface area contributed by atoms with E-state index in [0.717, 1.165) is 12.0 Å². The van der Waals surface area contributed by atoms with Crippen molar-refractivity contribution in [3.63, 3.8) is 0 Å². The summed E-state index contributed by atoms with van der Waals surface area (Å²) in [5, 5.41) is -0.322. The molecule has 0 N–H and O–H groups in total. The second kappa shape index (κ2) is 7.17. The molecule has 3 nitrogen and oxygen atoms in total. The van der Waals surface area contributed by atoms with Crippen molar-refractivity contribution in [2.75, 3.05) is 13.7 Å². The summed E-state index contributed by atoms with van der Waals surface area (Å²) in [6, 6.07) is 5.66. The molecule has 0 saturated carbocycles. The standard InChI is InChI=1S/C13H17ClO3/c1-3-8-17-12-9-10(5-7-13(14)15)4-6-11(12)16-2/h4,6,9H,3,5,7-8H2,1-2H3. The summed E-state index contributed by atoms with van der Waals surface area (Å²) in [7, 11) is 1.61. The van der Waals surface area contributed by atoms with Crippen LogP contribution in [0.15, 0.2) is 18.2 Å². The fraction of sp³-hybridized carbons (Fsp3) is 0.462. The van der Waals surface area contributed by atoms with Crippen molar-refractivity contribution in [1.29, 1.82) is 0 Å². The first-order valence-electron chi connectivity index (χ1n) is 5.65. The van der Waals surface area contributed by atoms with Crippen LogP contribution in [-0.2, 0) is 11.2 Å². The van der Waals surface area contributed by atoms with Crippen LogP contribution in [0, 0.1) is 0 Å². The Morgan fingerprint density at radius 2 is 2.12 bits per heavy atom. The summed E-state index contributed by atoms with van der Waals surface area (Å²) < 4.78 is 10.8. The lowest BCUT2D eigenvalue weighted by Gasteiger charge is -2.11. The van der Waals surface area contributed by atoms with Crippen LogP contribution in [0.5, 0.6) is 11.5 Å². The molecule has 0 aromatic heterocycles. The molecule has 1 aromatic carbocycles. The van der Waals surface area contributed by atoms with E-state index >= 15 is 0 Å². The fourth-order valence-electron chi connectivity index (χ4n) is 1.44. The van der Waals surface area contributed by atoms with Gasteiger partial charge in [-0.25, -0.2) is 0 Å². The van der Waals surface area contributed by atoms with Crippen LogP contribution in [0.3, 0.4) is 0 Å². The van der Waals surface area contributed by atoms with E-state index in [1.807, 2.05) is 25.1 Å². The van der Waals surface area contributed by atoms with Gasteiger partial charge in [0.1, 0.15) is 0 Å². The highest BCUT2D eigenvalue weighted by atomic mass is 35.5. The van der Waals surface area contributed by atoms with Crippen LogP contribution in [0.25, 0.3) is 0 Å². The van der Waals surface area contributed by atoms with Crippen molar-refractivity contribution in [1.82, 2.24) is 0 Å². The first-order chi connectivity index (χ1) is 8.17. The molecule has 1 aromatic rings. The van der Waals surface area contributed by atoms with Crippen molar-refractivity contribution >= 4 is 16.8 Å². The molecule has 0 aliphatic heterocycles. The van der Waals surface area contributed by atoms with Crippen molar-refractivity contribution in [2.24, 2.45) is 0 Å². The summed E-state index contributed by atoms with van der Waals surface area (Å²) in [5.41, 5.74) is 1.02. The maximum absolute atomic E-state index is 10.7. The van der Waals surface area contributed by atoms with Crippen molar-refractivity contribution < 1.29 is 14.3 Å². The van der Waals surface area contributed by atoms with Gasteiger partial charge in [0.15, 0.2) is 11.5 Å². The Morgan fingerprint density at radius 3 is 2.71 bits per heavy atom. The van der Waals surface area contributed by atoms with Gasteiger partial charge in [-0.2, -0.15) is 0 Å². The van der Waals surface area contributed by atoms with E-state index in [0.29, 0.717) is 30.9 Å². The summed E-state index contributed by atoms with van der Waals surface area (Å²) in [6.45, 7) is 2.69. The van der Waals surface area contributed by atoms with E-state index in [9.17, 15) is 4.79 Å². The van der Waals surface area contributed by atoms with Gasteiger partial charge in [-0.1, -0.05) is 13.0 Å². The fourth-order valence-corrected chi connectivity index (χ4v) is 1.54. The highest BCUT2D eigenvalue weighted by molar-refractivity contribution is 6.63. The Labute approximate surface area is 107 Å². The number of hydrogen-bond acceptors (Lipinski definition) is 3. The molecule has 94 valence electrons.